The number of aromatic hydroxyl groups is 1. The molecule has 0 unspecified atom stereocenters. The van der Waals surface area contributed by atoms with E-state index >= 15 is 0 Å². The van der Waals surface area contributed by atoms with Crippen molar-refractivity contribution in [2.45, 2.75) is 11.8 Å². The molecule has 0 bridgehead atoms. The van der Waals surface area contributed by atoms with Crippen molar-refractivity contribution in [3.63, 3.8) is 0 Å². The molecule has 0 fully saturated rings. The van der Waals surface area contributed by atoms with Gasteiger partial charge in [-0.3, -0.25) is 4.72 Å². The predicted octanol–water partition coefficient (Wildman–Crippen LogP) is 3.65. The standard InChI is InChI=1S/C17H15NO3S/c1-12-9-10-14(11-16(12)19)18-22(20,21)17-8-4-6-13-5-2-3-7-15(13)17/h2-11,18-19H,1H3. The second-order valence-corrected chi connectivity index (χ2v) is 6.73. The fourth-order valence-corrected chi connectivity index (χ4v) is 3.59. The Hall–Kier alpha value is -2.53. The average Bonchev–Trinajstić information content (AvgIpc) is 2.50. The highest BCUT2D eigenvalue weighted by Gasteiger charge is 2.17. The van der Waals surface area contributed by atoms with E-state index in [2.05, 4.69) is 4.72 Å². The van der Waals surface area contributed by atoms with Gasteiger partial charge in [0.05, 0.1) is 10.6 Å². The third kappa shape index (κ3) is 2.63. The molecule has 4 nitrogen and oxygen atoms in total. The van der Waals surface area contributed by atoms with E-state index in [0.717, 1.165) is 5.39 Å². The summed E-state index contributed by atoms with van der Waals surface area (Å²) in [4.78, 5) is 0.214. The van der Waals surface area contributed by atoms with Gasteiger partial charge in [-0.15, -0.1) is 0 Å². The van der Waals surface area contributed by atoms with Crippen molar-refractivity contribution in [2.75, 3.05) is 4.72 Å². The van der Waals surface area contributed by atoms with Crippen molar-refractivity contribution in [1.82, 2.24) is 0 Å². The van der Waals surface area contributed by atoms with E-state index in [1.165, 1.54) is 6.07 Å². The van der Waals surface area contributed by atoms with Gasteiger partial charge in [-0.05, 0) is 30.0 Å². The molecular weight excluding hydrogens is 298 g/mol. The topological polar surface area (TPSA) is 66.4 Å². The number of benzene rings is 3. The van der Waals surface area contributed by atoms with Gasteiger partial charge in [-0.25, -0.2) is 8.42 Å². The number of hydrogen-bond acceptors (Lipinski definition) is 3. The van der Waals surface area contributed by atoms with Crippen molar-refractivity contribution in [1.29, 1.82) is 0 Å². The van der Waals surface area contributed by atoms with Gasteiger partial charge in [-0.1, -0.05) is 42.5 Å². The normalized spacial score (nSPS) is 11.5. The van der Waals surface area contributed by atoms with Gasteiger partial charge in [0.2, 0.25) is 0 Å². The van der Waals surface area contributed by atoms with E-state index in [-0.39, 0.29) is 10.6 Å². The number of nitrogens with one attached hydrogen (secondary N) is 1. The molecular formula is C17H15NO3S. The molecule has 0 amide bonds. The maximum Gasteiger partial charge on any atom is 0.262 e. The van der Waals surface area contributed by atoms with Crippen LogP contribution in [0.3, 0.4) is 0 Å². The lowest BCUT2D eigenvalue weighted by molar-refractivity contribution is 0.471. The highest BCUT2D eigenvalue weighted by molar-refractivity contribution is 7.93. The Kier molecular flexibility index (Phi) is 3.50. The van der Waals surface area contributed by atoms with Crippen molar-refractivity contribution in [2.24, 2.45) is 0 Å². The van der Waals surface area contributed by atoms with Gasteiger partial charge >= 0.3 is 0 Å². The lowest BCUT2D eigenvalue weighted by atomic mass is 10.1. The summed E-state index contributed by atoms with van der Waals surface area (Å²) in [6.45, 7) is 1.75. The summed E-state index contributed by atoms with van der Waals surface area (Å²) in [5.74, 6) is 0.0538. The summed E-state index contributed by atoms with van der Waals surface area (Å²) < 4.78 is 27.7. The molecule has 0 aliphatic rings. The molecule has 2 N–H and O–H groups in total. The Morgan fingerprint density at radius 3 is 2.45 bits per heavy atom. The molecule has 112 valence electrons. The molecule has 0 saturated carbocycles. The van der Waals surface area contributed by atoms with E-state index in [4.69, 9.17) is 0 Å². The van der Waals surface area contributed by atoms with Crippen LogP contribution in [0.25, 0.3) is 10.8 Å². The highest BCUT2D eigenvalue weighted by Crippen LogP contribution is 2.27. The Bertz CT molecular complexity index is 944. The number of hydrogen-bond donors (Lipinski definition) is 2. The third-order valence-corrected chi connectivity index (χ3v) is 4.94. The van der Waals surface area contributed by atoms with Gasteiger partial charge in [0.15, 0.2) is 0 Å². The SMILES string of the molecule is Cc1ccc(NS(=O)(=O)c2cccc3ccccc23)cc1O. The van der Waals surface area contributed by atoms with Gasteiger partial charge in [0.25, 0.3) is 10.0 Å². The summed E-state index contributed by atoms with van der Waals surface area (Å²) >= 11 is 0. The minimum absolute atomic E-state index is 0.0538. The Morgan fingerprint density at radius 1 is 0.955 bits per heavy atom. The molecule has 3 aromatic rings. The molecule has 0 atom stereocenters. The zero-order valence-electron chi connectivity index (χ0n) is 11.9. The molecule has 0 aliphatic carbocycles. The van der Waals surface area contributed by atoms with Crippen LogP contribution in [0.1, 0.15) is 5.56 Å². The van der Waals surface area contributed by atoms with Crippen LogP contribution in [0.2, 0.25) is 0 Å². The Labute approximate surface area is 129 Å². The van der Waals surface area contributed by atoms with Gasteiger partial charge in [0.1, 0.15) is 5.75 Å². The number of phenols is 1. The van der Waals surface area contributed by atoms with E-state index in [1.807, 2.05) is 18.2 Å². The first-order chi connectivity index (χ1) is 10.5. The monoisotopic (exact) mass is 313 g/mol. The largest absolute Gasteiger partial charge is 0.508 e. The van der Waals surface area contributed by atoms with E-state index in [1.54, 1.807) is 43.3 Å². The first-order valence-electron chi connectivity index (χ1n) is 6.77. The number of sulfonamides is 1. The number of anilines is 1. The van der Waals surface area contributed by atoms with Gasteiger partial charge in [0, 0.05) is 11.5 Å². The second-order valence-electron chi connectivity index (χ2n) is 5.08. The number of fused-ring (bicyclic) bond motifs is 1. The fourth-order valence-electron chi connectivity index (χ4n) is 2.31. The van der Waals surface area contributed by atoms with Gasteiger partial charge in [-0.2, -0.15) is 0 Å². The molecule has 0 radical (unpaired) electrons. The minimum atomic E-state index is -3.73. The second kappa shape index (κ2) is 5.35. The maximum absolute atomic E-state index is 12.6. The summed E-state index contributed by atoms with van der Waals surface area (Å²) in [6.07, 6.45) is 0. The maximum atomic E-state index is 12.6. The zero-order valence-corrected chi connectivity index (χ0v) is 12.8. The molecule has 5 heteroatoms. The van der Waals surface area contributed by atoms with E-state index in [0.29, 0.717) is 16.6 Å². The number of rotatable bonds is 3. The zero-order chi connectivity index (χ0) is 15.7. The smallest absolute Gasteiger partial charge is 0.262 e. The highest BCUT2D eigenvalue weighted by atomic mass is 32.2. The third-order valence-electron chi connectivity index (χ3n) is 3.50. The molecule has 0 aliphatic heterocycles. The summed E-state index contributed by atoms with van der Waals surface area (Å²) in [5.41, 5.74) is 1.02. The molecule has 22 heavy (non-hydrogen) atoms. The quantitative estimate of drug-likeness (QED) is 0.775. The van der Waals surface area contributed by atoms with E-state index < -0.39 is 10.0 Å². The molecule has 3 aromatic carbocycles. The van der Waals surface area contributed by atoms with Crippen LogP contribution >= 0.6 is 0 Å². The van der Waals surface area contributed by atoms with Crippen LogP contribution in [0, 0.1) is 6.92 Å². The minimum Gasteiger partial charge on any atom is -0.508 e. The molecule has 0 heterocycles. The molecule has 0 aromatic heterocycles. The Morgan fingerprint density at radius 2 is 1.68 bits per heavy atom. The van der Waals surface area contributed by atoms with Crippen LogP contribution in [0.4, 0.5) is 5.69 Å². The average molecular weight is 313 g/mol. The van der Waals surface area contributed by atoms with Crippen molar-refractivity contribution >= 4 is 26.5 Å². The van der Waals surface area contributed by atoms with Crippen LogP contribution in [-0.2, 0) is 10.0 Å². The summed E-state index contributed by atoms with van der Waals surface area (Å²) in [6, 6.07) is 17.1. The predicted molar refractivity (Wildman–Crippen MR) is 87.6 cm³/mol. The molecule has 0 spiro atoms. The van der Waals surface area contributed by atoms with Crippen LogP contribution in [0.5, 0.6) is 5.75 Å². The van der Waals surface area contributed by atoms with Crippen molar-refractivity contribution < 1.29 is 13.5 Å². The Balaban J connectivity index is 2.07. The lowest BCUT2D eigenvalue weighted by Gasteiger charge is -2.11. The fraction of sp³-hybridized carbons (Fsp3) is 0.0588. The molecule has 0 saturated heterocycles. The van der Waals surface area contributed by atoms with Crippen LogP contribution in [0.15, 0.2) is 65.6 Å². The van der Waals surface area contributed by atoms with Crippen molar-refractivity contribution in [3.05, 3.63) is 66.2 Å². The summed E-state index contributed by atoms with van der Waals surface area (Å²) in [7, 11) is -3.73. The van der Waals surface area contributed by atoms with Gasteiger partial charge < -0.3 is 5.11 Å². The van der Waals surface area contributed by atoms with Crippen LogP contribution in [-0.4, -0.2) is 13.5 Å². The van der Waals surface area contributed by atoms with Crippen molar-refractivity contribution in [3.8, 4) is 5.75 Å². The summed E-state index contributed by atoms with van der Waals surface area (Å²) in [5, 5.41) is 11.2. The van der Waals surface area contributed by atoms with Crippen LogP contribution < -0.4 is 4.72 Å². The number of phenolic OH excluding ortho intramolecular Hbond substituents is 1. The molecule has 3 rings (SSSR count). The lowest BCUT2D eigenvalue weighted by Crippen LogP contribution is -2.13. The number of aryl methyl sites for hydroxylation is 1. The first kappa shape index (κ1) is 14.4. The first-order valence-corrected chi connectivity index (χ1v) is 8.26. The van der Waals surface area contributed by atoms with E-state index in [9.17, 15) is 13.5 Å².